The molecule has 0 aromatic carbocycles. The van der Waals surface area contributed by atoms with E-state index < -0.39 is 0 Å². The standard InChI is InChI=1S/C15H25N5O3/c1-10(23-4)7-5-6-8-20-14(21)12-13(19(3)15(20)22)18-11(17-12)9-16-2/h10,16H,5-9H2,1-4H3,(H,17,18)/t10-/m1/s1. The molecular weight excluding hydrogens is 298 g/mol. The topological polar surface area (TPSA) is 93.9 Å². The van der Waals surface area contributed by atoms with Crippen LogP contribution in [-0.4, -0.2) is 39.4 Å². The molecule has 2 heterocycles. The number of ether oxygens (including phenoxy) is 1. The van der Waals surface area contributed by atoms with Crippen molar-refractivity contribution in [3.63, 3.8) is 0 Å². The maximum absolute atomic E-state index is 12.5. The fraction of sp³-hybridized carbons (Fsp3) is 0.667. The van der Waals surface area contributed by atoms with Gasteiger partial charge in [-0.15, -0.1) is 0 Å². The molecule has 0 unspecified atom stereocenters. The van der Waals surface area contributed by atoms with Gasteiger partial charge in [0.2, 0.25) is 0 Å². The lowest BCUT2D eigenvalue weighted by Gasteiger charge is -2.10. The highest BCUT2D eigenvalue weighted by molar-refractivity contribution is 5.69. The molecule has 0 saturated carbocycles. The van der Waals surface area contributed by atoms with Crippen LogP contribution < -0.4 is 16.6 Å². The van der Waals surface area contributed by atoms with E-state index in [-0.39, 0.29) is 17.4 Å². The number of hydrogen-bond donors (Lipinski definition) is 2. The zero-order chi connectivity index (χ0) is 17.0. The molecule has 8 nitrogen and oxygen atoms in total. The molecule has 8 heteroatoms. The van der Waals surface area contributed by atoms with Crippen LogP contribution in [0.5, 0.6) is 0 Å². The van der Waals surface area contributed by atoms with Gasteiger partial charge in [-0.05, 0) is 33.2 Å². The number of nitrogens with zero attached hydrogens (tertiary/aromatic N) is 3. The predicted molar refractivity (Wildman–Crippen MR) is 88.7 cm³/mol. The largest absolute Gasteiger partial charge is 0.382 e. The van der Waals surface area contributed by atoms with Crippen molar-refractivity contribution in [2.75, 3.05) is 14.2 Å². The van der Waals surface area contributed by atoms with Crippen LogP contribution >= 0.6 is 0 Å². The summed E-state index contributed by atoms with van der Waals surface area (Å²) in [7, 11) is 5.11. The van der Waals surface area contributed by atoms with Crippen LogP contribution in [-0.2, 0) is 24.9 Å². The third-order valence-electron chi connectivity index (χ3n) is 4.02. The van der Waals surface area contributed by atoms with E-state index >= 15 is 0 Å². The third kappa shape index (κ3) is 3.70. The molecule has 0 aliphatic heterocycles. The van der Waals surface area contributed by atoms with Gasteiger partial charge in [0.1, 0.15) is 11.3 Å². The maximum atomic E-state index is 12.5. The molecule has 23 heavy (non-hydrogen) atoms. The molecule has 0 radical (unpaired) electrons. The molecule has 2 N–H and O–H groups in total. The molecule has 0 fully saturated rings. The summed E-state index contributed by atoms with van der Waals surface area (Å²) in [5.74, 6) is 0.640. The van der Waals surface area contributed by atoms with Gasteiger partial charge in [-0.3, -0.25) is 13.9 Å². The average molecular weight is 323 g/mol. The van der Waals surface area contributed by atoms with Crippen molar-refractivity contribution in [2.24, 2.45) is 7.05 Å². The average Bonchev–Trinajstić information content (AvgIpc) is 2.96. The van der Waals surface area contributed by atoms with Crippen LogP contribution in [0, 0.1) is 0 Å². The van der Waals surface area contributed by atoms with Gasteiger partial charge in [-0.25, -0.2) is 9.78 Å². The minimum atomic E-state index is -0.329. The van der Waals surface area contributed by atoms with Gasteiger partial charge in [0, 0.05) is 20.7 Å². The monoisotopic (exact) mass is 323 g/mol. The van der Waals surface area contributed by atoms with E-state index in [9.17, 15) is 9.59 Å². The van der Waals surface area contributed by atoms with Crippen LogP contribution in [0.4, 0.5) is 0 Å². The number of nitrogens with one attached hydrogen (secondary N) is 2. The first-order valence-corrected chi connectivity index (χ1v) is 7.85. The molecule has 2 aromatic rings. The molecule has 0 amide bonds. The van der Waals surface area contributed by atoms with Crippen molar-refractivity contribution < 1.29 is 4.74 Å². The predicted octanol–water partition coefficient (Wildman–Crippen LogP) is 0.348. The van der Waals surface area contributed by atoms with E-state index in [4.69, 9.17) is 4.74 Å². The Balaban J connectivity index is 2.26. The molecule has 1 atom stereocenters. The summed E-state index contributed by atoms with van der Waals surface area (Å²) in [6.45, 7) is 2.92. The SMILES string of the molecule is CNCc1nc2c([nH]1)c(=O)n(CCCC[C@@H](C)OC)c(=O)n2C. The highest BCUT2D eigenvalue weighted by Gasteiger charge is 2.15. The van der Waals surface area contributed by atoms with Gasteiger partial charge in [-0.2, -0.15) is 0 Å². The normalized spacial score (nSPS) is 12.9. The van der Waals surface area contributed by atoms with E-state index in [1.54, 1.807) is 21.2 Å². The van der Waals surface area contributed by atoms with E-state index in [1.807, 2.05) is 6.92 Å². The second-order valence-corrected chi connectivity index (χ2v) is 5.75. The number of aromatic nitrogens is 4. The Labute approximate surface area is 134 Å². The van der Waals surface area contributed by atoms with Crippen molar-refractivity contribution in [1.82, 2.24) is 24.4 Å². The number of imidazole rings is 1. The molecule has 0 saturated heterocycles. The number of methoxy groups -OCH3 is 1. The summed E-state index contributed by atoms with van der Waals surface area (Å²) in [4.78, 5) is 32.2. The summed E-state index contributed by atoms with van der Waals surface area (Å²) in [5.41, 5.74) is 0.139. The van der Waals surface area contributed by atoms with Crippen LogP contribution in [0.1, 0.15) is 32.0 Å². The number of fused-ring (bicyclic) bond motifs is 1. The van der Waals surface area contributed by atoms with E-state index in [1.165, 1.54) is 9.13 Å². The Kier molecular flexibility index (Phi) is 5.73. The van der Waals surface area contributed by atoms with Gasteiger partial charge in [-0.1, -0.05) is 0 Å². The van der Waals surface area contributed by atoms with E-state index in [2.05, 4.69) is 15.3 Å². The number of aromatic amines is 1. The molecule has 2 rings (SSSR count). The zero-order valence-corrected chi connectivity index (χ0v) is 14.2. The first-order valence-electron chi connectivity index (χ1n) is 7.85. The Morgan fingerprint density at radius 1 is 1.35 bits per heavy atom. The van der Waals surface area contributed by atoms with Crippen molar-refractivity contribution in [2.45, 2.75) is 45.4 Å². The van der Waals surface area contributed by atoms with Crippen LogP contribution in [0.2, 0.25) is 0 Å². The lowest BCUT2D eigenvalue weighted by Crippen LogP contribution is -2.39. The fourth-order valence-electron chi connectivity index (χ4n) is 2.57. The van der Waals surface area contributed by atoms with Gasteiger partial charge in [0.15, 0.2) is 5.65 Å². The van der Waals surface area contributed by atoms with Crippen molar-refractivity contribution in [3.8, 4) is 0 Å². The van der Waals surface area contributed by atoms with Gasteiger partial charge in [0.25, 0.3) is 5.56 Å². The molecule has 128 valence electrons. The van der Waals surface area contributed by atoms with Gasteiger partial charge in [0.05, 0.1) is 12.6 Å². The number of unbranched alkanes of at least 4 members (excludes halogenated alkanes) is 1. The van der Waals surface area contributed by atoms with E-state index in [0.29, 0.717) is 30.1 Å². The quantitative estimate of drug-likeness (QED) is 0.684. The third-order valence-corrected chi connectivity index (χ3v) is 4.02. The summed E-state index contributed by atoms with van der Waals surface area (Å²) >= 11 is 0. The summed E-state index contributed by atoms with van der Waals surface area (Å²) in [6, 6.07) is 0. The number of aryl methyl sites for hydroxylation is 1. The molecule has 0 aliphatic rings. The van der Waals surface area contributed by atoms with Crippen LogP contribution in [0.15, 0.2) is 9.59 Å². The molecule has 0 aliphatic carbocycles. The Morgan fingerprint density at radius 3 is 2.74 bits per heavy atom. The zero-order valence-electron chi connectivity index (χ0n) is 14.2. The Morgan fingerprint density at radius 2 is 2.09 bits per heavy atom. The summed E-state index contributed by atoms with van der Waals surface area (Å²) < 4.78 is 7.90. The molecule has 0 spiro atoms. The lowest BCUT2D eigenvalue weighted by molar-refractivity contribution is 0.108. The first kappa shape index (κ1) is 17.4. The van der Waals surface area contributed by atoms with Crippen molar-refractivity contribution in [1.29, 1.82) is 0 Å². The Bertz CT molecular complexity index is 774. The summed E-state index contributed by atoms with van der Waals surface area (Å²) in [5, 5.41) is 2.97. The minimum absolute atomic E-state index is 0.189. The van der Waals surface area contributed by atoms with E-state index in [0.717, 1.165) is 19.3 Å². The lowest BCUT2D eigenvalue weighted by atomic mass is 10.2. The first-order chi connectivity index (χ1) is 11.0. The highest BCUT2D eigenvalue weighted by Crippen LogP contribution is 2.06. The second kappa shape index (κ2) is 7.56. The molecular formula is C15H25N5O3. The molecule has 2 aromatic heterocycles. The fourth-order valence-corrected chi connectivity index (χ4v) is 2.57. The van der Waals surface area contributed by atoms with Crippen LogP contribution in [0.25, 0.3) is 11.2 Å². The maximum Gasteiger partial charge on any atom is 0.332 e. The Hall–Kier alpha value is -1.93. The highest BCUT2D eigenvalue weighted by atomic mass is 16.5. The van der Waals surface area contributed by atoms with Gasteiger partial charge < -0.3 is 15.0 Å². The van der Waals surface area contributed by atoms with Crippen LogP contribution in [0.3, 0.4) is 0 Å². The minimum Gasteiger partial charge on any atom is -0.382 e. The van der Waals surface area contributed by atoms with Gasteiger partial charge >= 0.3 is 5.69 Å². The number of rotatable bonds is 8. The smallest absolute Gasteiger partial charge is 0.332 e. The number of hydrogen-bond acceptors (Lipinski definition) is 5. The summed E-state index contributed by atoms with van der Waals surface area (Å²) in [6.07, 6.45) is 2.75. The van der Waals surface area contributed by atoms with Crippen molar-refractivity contribution in [3.05, 3.63) is 26.7 Å². The van der Waals surface area contributed by atoms with Crippen molar-refractivity contribution >= 4 is 11.2 Å². The number of H-pyrrole nitrogens is 1. The molecule has 0 bridgehead atoms. The second-order valence-electron chi connectivity index (χ2n) is 5.75.